The van der Waals surface area contributed by atoms with Gasteiger partial charge in [0.1, 0.15) is 11.6 Å². The van der Waals surface area contributed by atoms with Gasteiger partial charge < -0.3 is 30.2 Å². The summed E-state index contributed by atoms with van der Waals surface area (Å²) in [4.78, 5) is 41.0. The smallest absolute Gasteiger partial charge is 0.371 e. The van der Waals surface area contributed by atoms with Crippen LogP contribution in [0, 0.1) is 23.7 Å². The molecule has 1 aromatic carbocycles. The molecule has 2 aliphatic carbocycles. The maximum absolute atomic E-state index is 13.9. The van der Waals surface area contributed by atoms with Crippen LogP contribution >= 0.6 is 0 Å². The molecule has 5 rings (SSSR count). The van der Waals surface area contributed by atoms with E-state index in [4.69, 9.17) is 14.9 Å². The number of aromatic carboxylic acids is 1. The van der Waals surface area contributed by atoms with Gasteiger partial charge in [-0.3, -0.25) is 14.0 Å². The number of nitrogens with two attached hydrogens (primary N) is 1. The van der Waals surface area contributed by atoms with Gasteiger partial charge in [-0.25, -0.2) is 4.79 Å². The predicted octanol–water partition coefficient (Wildman–Crippen LogP) is 4.99. The Morgan fingerprint density at radius 2 is 1.83 bits per heavy atom. The number of likely N-dealkylation sites (tertiary alicyclic amines) is 1. The van der Waals surface area contributed by atoms with Gasteiger partial charge in [-0.2, -0.15) is 0 Å². The molecule has 0 unspecified atom stereocenters. The van der Waals surface area contributed by atoms with Gasteiger partial charge in [-0.05, 0) is 106 Å². The van der Waals surface area contributed by atoms with Crippen LogP contribution in [0.15, 0.2) is 28.7 Å². The number of alkyl halides is 1. The van der Waals surface area contributed by atoms with E-state index in [1.54, 1.807) is 25.3 Å². The number of carbonyl (C=O) groups excluding carboxylic acids is 2. The van der Waals surface area contributed by atoms with Crippen LogP contribution in [0.5, 0.6) is 0 Å². The minimum absolute atomic E-state index is 0.0344. The average Bonchev–Trinajstić information content (AvgIpc) is 3.62. The van der Waals surface area contributed by atoms with Crippen molar-refractivity contribution < 1.29 is 33.0 Å². The SMILES string of the molecule is COC1CCC([C@@H]2CCN(C(=O)[C@H]3CC[C@H]([C@H](N)CCF)CC3)[C@@H]2C(=O)Nc2ccc3oc(C(=O)O)cc3c2)CC1. The van der Waals surface area contributed by atoms with E-state index in [-0.39, 0.29) is 47.5 Å². The van der Waals surface area contributed by atoms with Gasteiger partial charge in [-0.1, -0.05) is 0 Å². The first-order valence-electron chi connectivity index (χ1n) is 15.0. The second-order valence-electron chi connectivity index (χ2n) is 12.1. The maximum atomic E-state index is 13.9. The topological polar surface area (TPSA) is 135 Å². The van der Waals surface area contributed by atoms with E-state index in [0.29, 0.717) is 48.4 Å². The van der Waals surface area contributed by atoms with Crippen molar-refractivity contribution in [3.8, 4) is 0 Å². The van der Waals surface area contributed by atoms with Crippen LogP contribution in [-0.4, -0.2) is 66.3 Å². The lowest BCUT2D eigenvalue weighted by Crippen LogP contribution is -2.50. The maximum Gasteiger partial charge on any atom is 0.371 e. The van der Waals surface area contributed by atoms with Gasteiger partial charge in [-0.15, -0.1) is 0 Å². The predicted molar refractivity (Wildman–Crippen MR) is 152 cm³/mol. The number of carbonyl (C=O) groups is 3. The highest BCUT2D eigenvalue weighted by atomic mass is 19.1. The summed E-state index contributed by atoms with van der Waals surface area (Å²) in [5.74, 6) is -1.03. The van der Waals surface area contributed by atoms with Crippen molar-refractivity contribution in [2.75, 3.05) is 25.6 Å². The second kappa shape index (κ2) is 12.9. The fraction of sp³-hybridized carbons (Fsp3) is 0.645. The molecule has 2 saturated carbocycles. The van der Waals surface area contributed by atoms with Gasteiger partial charge in [0, 0.05) is 36.7 Å². The number of carboxylic acids is 1. The monoisotopic (exact) mass is 571 g/mol. The molecule has 2 aromatic rings. The molecule has 4 N–H and O–H groups in total. The Bertz CT molecular complexity index is 1230. The van der Waals surface area contributed by atoms with E-state index in [0.717, 1.165) is 44.9 Å². The first kappa shape index (κ1) is 29.5. The second-order valence-corrected chi connectivity index (χ2v) is 12.1. The molecule has 3 aliphatic rings. The molecule has 224 valence electrons. The lowest BCUT2D eigenvalue weighted by atomic mass is 9.75. The van der Waals surface area contributed by atoms with Gasteiger partial charge >= 0.3 is 5.97 Å². The highest BCUT2D eigenvalue weighted by molar-refractivity contribution is 6.00. The summed E-state index contributed by atoms with van der Waals surface area (Å²) in [5, 5.41) is 12.9. The summed E-state index contributed by atoms with van der Waals surface area (Å²) in [6.45, 7) is 0.127. The molecule has 3 atom stereocenters. The zero-order valence-electron chi connectivity index (χ0n) is 23.7. The van der Waals surface area contributed by atoms with Crippen LogP contribution in [-0.2, 0) is 14.3 Å². The number of furan rings is 1. The van der Waals surface area contributed by atoms with Gasteiger partial charge in [0.25, 0.3) is 0 Å². The standard InChI is InChI=1S/C31H42FN3O6/c1-40-23-9-6-18(7-10-23)24-13-15-35(30(37)20-4-2-19(3-5-20)25(33)12-14-32)28(24)29(36)34-22-8-11-26-21(16-22)17-27(41-26)31(38)39/h8,11,16-20,23-25,28H,2-7,9-10,12-15,33H2,1H3,(H,34,36)(H,38,39)/t18?,19-,20-,23?,24-,25+,28-/m0/s1. The molecule has 41 heavy (non-hydrogen) atoms. The average molecular weight is 572 g/mol. The number of nitrogens with one attached hydrogen (secondary N) is 1. The van der Waals surface area contributed by atoms with Crippen molar-refractivity contribution in [1.29, 1.82) is 0 Å². The Morgan fingerprint density at radius 1 is 1.10 bits per heavy atom. The number of fused-ring (bicyclic) bond motifs is 1. The summed E-state index contributed by atoms with van der Waals surface area (Å²) in [5.41, 5.74) is 7.13. The molecule has 0 spiro atoms. The van der Waals surface area contributed by atoms with E-state index in [9.17, 15) is 23.9 Å². The number of anilines is 1. The van der Waals surface area contributed by atoms with Crippen LogP contribution in [0.2, 0.25) is 0 Å². The summed E-state index contributed by atoms with van der Waals surface area (Å²) in [6, 6.07) is 5.72. The van der Waals surface area contributed by atoms with Crippen molar-refractivity contribution in [3.63, 3.8) is 0 Å². The largest absolute Gasteiger partial charge is 0.475 e. The molecule has 2 amide bonds. The lowest BCUT2D eigenvalue weighted by Gasteiger charge is -2.37. The third-order valence-electron chi connectivity index (χ3n) is 9.82. The lowest BCUT2D eigenvalue weighted by molar-refractivity contribution is -0.142. The molecule has 0 radical (unpaired) electrons. The Labute approximate surface area is 239 Å². The molecule has 1 saturated heterocycles. The van der Waals surface area contributed by atoms with E-state index < -0.39 is 18.7 Å². The molecule has 9 nitrogen and oxygen atoms in total. The van der Waals surface area contributed by atoms with Crippen LogP contribution in [0.25, 0.3) is 11.0 Å². The van der Waals surface area contributed by atoms with Crippen molar-refractivity contribution in [3.05, 3.63) is 30.0 Å². The normalized spacial score (nSPS) is 29.4. The van der Waals surface area contributed by atoms with E-state index in [2.05, 4.69) is 5.32 Å². The first-order chi connectivity index (χ1) is 19.8. The third-order valence-corrected chi connectivity index (χ3v) is 9.82. The number of methoxy groups -OCH3 is 1. The van der Waals surface area contributed by atoms with E-state index >= 15 is 0 Å². The molecular weight excluding hydrogens is 529 g/mol. The minimum Gasteiger partial charge on any atom is -0.475 e. The van der Waals surface area contributed by atoms with Gasteiger partial charge in [0.15, 0.2) is 0 Å². The van der Waals surface area contributed by atoms with Crippen LogP contribution in [0.4, 0.5) is 10.1 Å². The number of rotatable bonds is 9. The van der Waals surface area contributed by atoms with Crippen LogP contribution in [0.1, 0.15) is 74.8 Å². The fourth-order valence-electron chi connectivity index (χ4n) is 7.48. The first-order valence-corrected chi connectivity index (χ1v) is 15.0. The number of halogens is 1. The fourth-order valence-corrected chi connectivity index (χ4v) is 7.48. The van der Waals surface area contributed by atoms with Crippen LogP contribution in [0.3, 0.4) is 0 Å². The van der Waals surface area contributed by atoms with E-state index in [1.807, 2.05) is 4.90 Å². The molecule has 0 bridgehead atoms. The van der Waals surface area contributed by atoms with Crippen molar-refractivity contribution in [2.45, 2.75) is 82.4 Å². The number of amides is 2. The Morgan fingerprint density at radius 3 is 2.49 bits per heavy atom. The Hall–Kier alpha value is -2.98. The zero-order chi connectivity index (χ0) is 29.1. The molecule has 2 heterocycles. The number of carboxylic acid groups (broad SMARTS) is 1. The highest BCUT2D eigenvalue weighted by Crippen LogP contribution is 2.42. The summed E-state index contributed by atoms with van der Waals surface area (Å²) in [6.07, 6.45) is 8.23. The number of hydrogen-bond donors (Lipinski definition) is 3. The Balaban J connectivity index is 1.33. The quantitative estimate of drug-likeness (QED) is 0.386. The molecule has 1 aliphatic heterocycles. The molecular formula is C31H42FN3O6. The minimum atomic E-state index is -1.16. The zero-order valence-corrected chi connectivity index (χ0v) is 23.7. The summed E-state index contributed by atoms with van der Waals surface area (Å²) >= 11 is 0. The number of hydrogen-bond acceptors (Lipinski definition) is 6. The van der Waals surface area contributed by atoms with Crippen molar-refractivity contribution in [2.24, 2.45) is 29.4 Å². The highest BCUT2D eigenvalue weighted by Gasteiger charge is 2.47. The molecule has 1 aromatic heterocycles. The number of nitrogens with zero attached hydrogens (tertiary/aromatic N) is 1. The molecule has 10 heteroatoms. The van der Waals surface area contributed by atoms with Gasteiger partial charge in [0.05, 0.1) is 12.8 Å². The van der Waals surface area contributed by atoms with Gasteiger partial charge in [0.2, 0.25) is 17.6 Å². The Kier molecular flexibility index (Phi) is 9.28. The van der Waals surface area contributed by atoms with E-state index in [1.165, 1.54) is 6.07 Å². The summed E-state index contributed by atoms with van der Waals surface area (Å²) < 4.78 is 23.7. The summed E-state index contributed by atoms with van der Waals surface area (Å²) in [7, 11) is 1.74. The van der Waals surface area contributed by atoms with Crippen LogP contribution < -0.4 is 11.1 Å². The molecule has 3 fully saturated rings. The third kappa shape index (κ3) is 6.43. The number of benzene rings is 1. The van der Waals surface area contributed by atoms with Crippen molar-refractivity contribution >= 4 is 34.4 Å². The number of ether oxygens (including phenoxy) is 1. The van der Waals surface area contributed by atoms with Crippen molar-refractivity contribution in [1.82, 2.24) is 4.90 Å².